The normalized spacial score (nSPS) is 27.5. The van der Waals surface area contributed by atoms with Gasteiger partial charge in [0.1, 0.15) is 17.9 Å². The van der Waals surface area contributed by atoms with Crippen molar-refractivity contribution in [2.45, 2.75) is 48.2 Å². The van der Waals surface area contributed by atoms with E-state index in [4.69, 9.17) is 19.9 Å². The average molecular weight is 502 g/mol. The van der Waals surface area contributed by atoms with E-state index in [2.05, 4.69) is 15.0 Å². The highest BCUT2D eigenvalue weighted by molar-refractivity contribution is 8.00. The number of aliphatic hydroxyl groups excluding tert-OH is 2. The van der Waals surface area contributed by atoms with Crippen molar-refractivity contribution in [1.29, 1.82) is 0 Å². The fraction of sp³-hybridized carbons (Fsp3) is 0.409. The first-order chi connectivity index (χ1) is 16.7. The van der Waals surface area contributed by atoms with E-state index in [0.29, 0.717) is 4.90 Å². The summed E-state index contributed by atoms with van der Waals surface area (Å²) in [7, 11) is 0. The van der Waals surface area contributed by atoms with Crippen molar-refractivity contribution in [2.24, 2.45) is 5.41 Å². The third-order valence-corrected chi connectivity index (χ3v) is 7.51. The molecule has 3 aromatic rings. The van der Waals surface area contributed by atoms with Gasteiger partial charge in [0.15, 0.2) is 17.7 Å². The molecule has 4 N–H and O–H groups in total. The van der Waals surface area contributed by atoms with Gasteiger partial charge in [-0.15, -0.1) is 11.8 Å². The third-order valence-electron chi connectivity index (χ3n) is 6.04. The topological polar surface area (TPSA) is 172 Å². The summed E-state index contributed by atoms with van der Waals surface area (Å²) in [5.74, 6) is -3.40. The maximum absolute atomic E-state index is 13.6. The van der Waals surface area contributed by atoms with Gasteiger partial charge in [-0.3, -0.25) is 14.2 Å². The molecule has 0 aliphatic carbocycles. The van der Waals surface area contributed by atoms with E-state index >= 15 is 0 Å². The number of anilines is 1. The number of carbonyl (C=O) groups is 2. The Balaban J connectivity index is 1.67. The zero-order chi connectivity index (χ0) is 25.0. The van der Waals surface area contributed by atoms with E-state index in [9.17, 15) is 19.8 Å². The summed E-state index contributed by atoms with van der Waals surface area (Å²) in [6.45, 7) is 2.28. The third kappa shape index (κ3) is 3.62. The minimum atomic E-state index is -2.23. The number of nitrogens with two attached hydrogens (primary N) is 1. The molecule has 2 aliphatic rings. The number of hydrogen-bond donors (Lipinski definition) is 3. The lowest BCUT2D eigenvalue weighted by Gasteiger charge is -2.52. The molecule has 0 bridgehead atoms. The van der Waals surface area contributed by atoms with E-state index in [0.717, 1.165) is 11.8 Å². The molecular weight excluding hydrogens is 478 g/mol. The summed E-state index contributed by atoms with van der Waals surface area (Å²) >= 11 is 1.10. The van der Waals surface area contributed by atoms with Gasteiger partial charge in [0.25, 0.3) is 5.79 Å². The first-order valence-corrected chi connectivity index (χ1v) is 11.6. The molecule has 4 atom stereocenters. The van der Waals surface area contributed by atoms with Crippen LogP contribution in [0.15, 0.2) is 47.9 Å². The number of carbonyl (C=O) groups excluding carboxylic acids is 2. The van der Waals surface area contributed by atoms with Gasteiger partial charge in [0.2, 0.25) is 5.41 Å². The van der Waals surface area contributed by atoms with Crippen LogP contribution in [0.1, 0.15) is 20.1 Å². The van der Waals surface area contributed by atoms with Crippen LogP contribution in [0, 0.1) is 5.41 Å². The van der Waals surface area contributed by atoms with Crippen molar-refractivity contribution < 1.29 is 34.0 Å². The summed E-state index contributed by atoms with van der Waals surface area (Å²) < 4.78 is 18.4. The highest BCUT2D eigenvalue weighted by Gasteiger charge is 2.71. The second-order valence-corrected chi connectivity index (χ2v) is 9.89. The molecule has 2 aromatic heterocycles. The molecule has 13 heteroatoms. The van der Waals surface area contributed by atoms with Crippen LogP contribution in [0.3, 0.4) is 0 Å². The van der Waals surface area contributed by atoms with Crippen molar-refractivity contribution in [3.63, 3.8) is 0 Å². The number of hydrogen-bond acceptors (Lipinski definition) is 12. The maximum Gasteiger partial charge on any atom is 0.330 e. The number of aliphatic hydroxyl groups is 2. The molecule has 5 rings (SSSR count). The Kier molecular flexibility index (Phi) is 5.67. The Labute approximate surface area is 203 Å². The number of benzene rings is 1. The fourth-order valence-corrected chi connectivity index (χ4v) is 5.86. The van der Waals surface area contributed by atoms with Crippen LogP contribution in [0.4, 0.5) is 5.82 Å². The molecule has 2 saturated heterocycles. The first-order valence-electron chi connectivity index (χ1n) is 10.7. The van der Waals surface area contributed by atoms with Crippen LogP contribution in [0.2, 0.25) is 0 Å². The monoisotopic (exact) mass is 501 g/mol. The number of nitrogens with zero attached hydrogens (tertiary/aromatic N) is 4. The highest BCUT2D eigenvalue weighted by atomic mass is 32.2. The number of aromatic nitrogens is 4. The van der Waals surface area contributed by atoms with Crippen molar-refractivity contribution in [2.75, 3.05) is 12.3 Å². The van der Waals surface area contributed by atoms with Crippen LogP contribution < -0.4 is 5.73 Å². The lowest BCUT2D eigenvalue weighted by molar-refractivity contribution is -0.282. The number of nitrogen functional groups attached to an aromatic ring is 1. The van der Waals surface area contributed by atoms with Crippen LogP contribution in [0.5, 0.6) is 0 Å². The minimum Gasteiger partial charge on any atom is -0.422 e. The molecule has 1 spiro atoms. The van der Waals surface area contributed by atoms with Gasteiger partial charge in [0, 0.05) is 18.7 Å². The number of esters is 2. The molecule has 35 heavy (non-hydrogen) atoms. The predicted molar refractivity (Wildman–Crippen MR) is 122 cm³/mol. The summed E-state index contributed by atoms with van der Waals surface area (Å²) in [5.41, 5.74) is 4.10. The summed E-state index contributed by atoms with van der Waals surface area (Å²) in [4.78, 5) is 40.1. The van der Waals surface area contributed by atoms with E-state index in [1.807, 2.05) is 6.07 Å². The Morgan fingerprint density at radius 2 is 1.80 bits per heavy atom. The van der Waals surface area contributed by atoms with E-state index < -0.39 is 53.4 Å². The molecular formula is C22H23N5O7S. The van der Waals surface area contributed by atoms with E-state index in [-0.39, 0.29) is 17.0 Å². The Morgan fingerprint density at radius 1 is 1.11 bits per heavy atom. The number of rotatable bonds is 4. The maximum atomic E-state index is 13.6. The minimum absolute atomic E-state index is 0.100. The van der Waals surface area contributed by atoms with Gasteiger partial charge >= 0.3 is 11.9 Å². The van der Waals surface area contributed by atoms with Crippen LogP contribution in [-0.2, 0) is 23.8 Å². The summed E-state index contributed by atoms with van der Waals surface area (Å²) in [5, 5.41) is 20.9. The lowest BCUT2D eigenvalue weighted by Crippen LogP contribution is -2.70. The predicted octanol–water partition coefficient (Wildman–Crippen LogP) is 0.642. The van der Waals surface area contributed by atoms with E-state index in [1.165, 1.54) is 31.1 Å². The summed E-state index contributed by atoms with van der Waals surface area (Å²) in [6, 6.07) is 8.94. The Morgan fingerprint density at radius 3 is 2.46 bits per heavy atom. The molecule has 0 saturated carbocycles. The van der Waals surface area contributed by atoms with Crippen LogP contribution in [-0.4, -0.2) is 71.5 Å². The van der Waals surface area contributed by atoms with Crippen molar-refractivity contribution in [3.8, 4) is 0 Å². The lowest BCUT2D eigenvalue weighted by atomic mass is 9.73. The first kappa shape index (κ1) is 23.5. The molecule has 4 heterocycles. The highest BCUT2D eigenvalue weighted by Crippen LogP contribution is 2.53. The fourth-order valence-electron chi connectivity index (χ4n) is 4.43. The molecule has 1 aromatic carbocycles. The molecule has 12 nitrogen and oxygen atoms in total. The van der Waals surface area contributed by atoms with E-state index in [1.54, 1.807) is 24.3 Å². The molecule has 0 amide bonds. The quantitative estimate of drug-likeness (QED) is 0.337. The Bertz CT molecular complexity index is 1260. The van der Waals surface area contributed by atoms with Gasteiger partial charge in [-0.05, 0) is 12.1 Å². The van der Waals surface area contributed by atoms with Crippen LogP contribution >= 0.6 is 11.8 Å². The largest absolute Gasteiger partial charge is 0.422 e. The van der Waals surface area contributed by atoms with Crippen molar-refractivity contribution in [1.82, 2.24) is 19.5 Å². The molecule has 184 valence electrons. The second kappa shape index (κ2) is 8.45. The molecule has 0 unspecified atom stereocenters. The average Bonchev–Trinajstić information content (AvgIpc) is 3.24. The van der Waals surface area contributed by atoms with Gasteiger partial charge in [-0.1, -0.05) is 18.2 Å². The second-order valence-electron chi connectivity index (χ2n) is 8.67. The van der Waals surface area contributed by atoms with Crippen LogP contribution in [0.25, 0.3) is 11.2 Å². The number of imidazole rings is 1. The number of fused-ring (bicyclic) bond motifs is 1. The van der Waals surface area contributed by atoms with Gasteiger partial charge in [0.05, 0.1) is 24.3 Å². The summed E-state index contributed by atoms with van der Waals surface area (Å²) in [6.07, 6.45) is -1.73. The Hall–Kier alpha value is -3.26. The smallest absolute Gasteiger partial charge is 0.330 e. The number of thioether (sulfide) groups is 1. The van der Waals surface area contributed by atoms with Crippen molar-refractivity contribution in [3.05, 3.63) is 43.0 Å². The SMILES string of the molecule is CC1(C)OC(=O)C2(C(=O)O1)[C@H](Sc1ccccc1)[C@@H](CO)O[C@@H](n1cnc3c(N)ncnc31)[C@@H]2O. The van der Waals surface area contributed by atoms with Crippen molar-refractivity contribution >= 4 is 40.7 Å². The number of ether oxygens (including phenoxy) is 3. The van der Waals surface area contributed by atoms with Gasteiger partial charge in [-0.2, -0.15) is 0 Å². The standard InChI is InChI=1S/C22H23N5O7S/c1-21(2)33-19(30)22(20(31)34-21)14(29)18(27-10-26-13-16(23)24-9-25-17(13)27)32-12(8-28)15(22)35-11-6-4-3-5-7-11/h3-7,9-10,12,14-15,18,28-29H,8H2,1-2H3,(H2,23,24,25)/t12-,14+,15-,18-/m1/s1. The van der Waals surface area contributed by atoms with Gasteiger partial charge in [-0.25, -0.2) is 15.0 Å². The van der Waals surface area contributed by atoms with Gasteiger partial charge < -0.3 is 30.2 Å². The molecule has 2 fully saturated rings. The molecule has 0 radical (unpaired) electrons. The molecule has 2 aliphatic heterocycles. The zero-order valence-corrected chi connectivity index (χ0v) is 19.6. The zero-order valence-electron chi connectivity index (χ0n) is 18.8. The number of cyclic esters (lactones) is 2.